The van der Waals surface area contributed by atoms with Crippen molar-refractivity contribution >= 4 is 49.1 Å². The molecule has 0 saturated heterocycles. The molecule has 0 fully saturated rings. The van der Waals surface area contributed by atoms with Gasteiger partial charge in [-0.05, 0) is 50.9 Å². The molecule has 7 aromatic carbocycles. The third kappa shape index (κ3) is 5.23. The molecule has 6 heteroatoms. The fourth-order valence-electron chi connectivity index (χ4n) is 7.80. The Bertz CT molecular complexity index is 3170. The van der Waals surface area contributed by atoms with Gasteiger partial charge in [-0.1, -0.05) is 158 Å². The van der Waals surface area contributed by atoms with Crippen LogP contribution in [0.4, 0.5) is 0 Å². The summed E-state index contributed by atoms with van der Waals surface area (Å²) in [5.41, 5.74) is 9.65. The van der Waals surface area contributed by atoms with E-state index in [1.165, 1.54) is 0 Å². The lowest BCUT2D eigenvalue weighted by atomic mass is 9.98. The second kappa shape index (κ2) is 12.5. The lowest BCUT2D eigenvalue weighted by Gasteiger charge is -2.12. The molecule has 0 radical (unpaired) electrons. The smallest absolute Gasteiger partial charge is 0.165 e. The van der Waals surface area contributed by atoms with Gasteiger partial charge in [0, 0.05) is 39.2 Å². The molecule has 11 rings (SSSR count). The molecule has 6 nitrogen and oxygen atoms in total. The van der Waals surface area contributed by atoms with Gasteiger partial charge in [-0.2, -0.15) is 0 Å². The van der Waals surface area contributed by atoms with Crippen LogP contribution < -0.4 is 0 Å². The Morgan fingerprint density at radius 1 is 0.345 bits per heavy atom. The van der Waals surface area contributed by atoms with Crippen LogP contribution in [-0.4, -0.2) is 29.3 Å². The van der Waals surface area contributed by atoms with Crippen molar-refractivity contribution in [2.75, 3.05) is 0 Å². The lowest BCUT2D eigenvalue weighted by molar-refractivity contribution is 1.08. The zero-order valence-corrected chi connectivity index (χ0v) is 29.5. The van der Waals surface area contributed by atoms with Crippen molar-refractivity contribution in [3.63, 3.8) is 0 Å². The summed E-state index contributed by atoms with van der Waals surface area (Å²) in [5.74, 6) is 1.91. The molecular formula is C49H30N6. The molecule has 0 spiro atoms. The molecule has 0 aliphatic heterocycles. The van der Waals surface area contributed by atoms with E-state index in [9.17, 15) is 0 Å². The van der Waals surface area contributed by atoms with Crippen molar-refractivity contribution in [3.8, 4) is 56.5 Å². The highest BCUT2D eigenvalue weighted by atomic mass is 15.1. The van der Waals surface area contributed by atoms with Crippen LogP contribution in [0.5, 0.6) is 0 Å². The average Bonchev–Trinajstić information content (AvgIpc) is 3.64. The summed E-state index contributed by atoms with van der Waals surface area (Å²) in [6, 6.07) is 60.8. The molecule has 55 heavy (non-hydrogen) atoms. The lowest BCUT2D eigenvalue weighted by Crippen LogP contribution is -2.01. The normalized spacial score (nSPS) is 11.6. The van der Waals surface area contributed by atoms with Crippen LogP contribution in [0.25, 0.3) is 106 Å². The van der Waals surface area contributed by atoms with E-state index in [-0.39, 0.29) is 0 Å². The van der Waals surface area contributed by atoms with Crippen LogP contribution in [0.2, 0.25) is 0 Å². The van der Waals surface area contributed by atoms with Gasteiger partial charge in [-0.15, -0.1) is 0 Å². The summed E-state index contributed by atoms with van der Waals surface area (Å²) in [5, 5.41) is 6.64. The van der Waals surface area contributed by atoms with E-state index in [1.54, 1.807) is 0 Å². The van der Waals surface area contributed by atoms with Gasteiger partial charge in [0.2, 0.25) is 0 Å². The minimum absolute atomic E-state index is 0.623. The second-order valence-electron chi connectivity index (χ2n) is 13.7. The van der Waals surface area contributed by atoms with Crippen LogP contribution in [-0.2, 0) is 0 Å². The summed E-state index contributed by atoms with van der Waals surface area (Å²) in [6.45, 7) is 0. The number of nitrogens with zero attached hydrogens (tertiary/aromatic N) is 6. The maximum absolute atomic E-state index is 5.23. The maximum Gasteiger partial charge on any atom is 0.165 e. The largest absolute Gasteiger partial charge is 0.284 e. The number of rotatable bonds is 5. The molecule has 0 saturated carbocycles. The first-order valence-electron chi connectivity index (χ1n) is 18.3. The number of benzene rings is 7. The first kappa shape index (κ1) is 31.0. The first-order valence-corrected chi connectivity index (χ1v) is 18.3. The van der Waals surface area contributed by atoms with Crippen molar-refractivity contribution in [2.45, 2.75) is 0 Å². The Labute approximate surface area is 316 Å². The molecule has 0 unspecified atom stereocenters. The summed E-state index contributed by atoms with van der Waals surface area (Å²) < 4.78 is 2.06. The zero-order valence-electron chi connectivity index (χ0n) is 29.5. The predicted molar refractivity (Wildman–Crippen MR) is 224 cm³/mol. The zero-order chi connectivity index (χ0) is 36.3. The van der Waals surface area contributed by atoms with Crippen LogP contribution in [0.3, 0.4) is 0 Å². The van der Waals surface area contributed by atoms with E-state index in [1.807, 2.05) is 24.4 Å². The number of pyridine rings is 2. The Morgan fingerprint density at radius 3 is 1.60 bits per heavy atom. The molecule has 0 N–H and O–H groups in total. The van der Waals surface area contributed by atoms with Crippen molar-refractivity contribution in [2.24, 2.45) is 0 Å². The maximum atomic E-state index is 5.23. The van der Waals surface area contributed by atoms with Crippen molar-refractivity contribution in [3.05, 3.63) is 182 Å². The monoisotopic (exact) mass is 702 g/mol. The topological polar surface area (TPSA) is 68.9 Å². The number of fused-ring (bicyclic) bond motifs is 7. The highest BCUT2D eigenvalue weighted by Crippen LogP contribution is 2.36. The molecule has 0 aliphatic rings. The highest BCUT2D eigenvalue weighted by molar-refractivity contribution is 6.09. The Balaban J connectivity index is 1.02. The van der Waals surface area contributed by atoms with Crippen molar-refractivity contribution in [1.82, 2.24) is 29.3 Å². The van der Waals surface area contributed by atoms with E-state index in [0.29, 0.717) is 17.5 Å². The molecule has 0 bridgehead atoms. The molecule has 4 aromatic heterocycles. The molecule has 0 amide bonds. The van der Waals surface area contributed by atoms with E-state index in [4.69, 9.17) is 24.9 Å². The fourth-order valence-corrected chi connectivity index (χ4v) is 7.80. The average molecular weight is 703 g/mol. The van der Waals surface area contributed by atoms with E-state index >= 15 is 0 Å². The van der Waals surface area contributed by atoms with Gasteiger partial charge in [-0.25, -0.2) is 24.9 Å². The van der Waals surface area contributed by atoms with Gasteiger partial charge in [0.25, 0.3) is 0 Å². The predicted octanol–water partition coefficient (Wildman–Crippen LogP) is 11.9. The Hall–Kier alpha value is -7.57. The minimum atomic E-state index is 0.623. The molecule has 256 valence electrons. The summed E-state index contributed by atoms with van der Waals surface area (Å²) in [6.07, 6.45) is 2.02. The molecule has 11 aromatic rings. The van der Waals surface area contributed by atoms with E-state index in [0.717, 1.165) is 88.2 Å². The van der Waals surface area contributed by atoms with Gasteiger partial charge in [0.05, 0.1) is 5.69 Å². The number of aromatic nitrogens is 6. The SMILES string of the molecule is c1cc(-c2ccc(-c3nc(-c4cccc5ccccc45)nc(-c4cccc5ccccc45)n3)cc2)cc(-c2nc3c(nc4ccccn43)c3ccccc23)c1. The van der Waals surface area contributed by atoms with Crippen molar-refractivity contribution < 1.29 is 0 Å². The third-order valence-electron chi connectivity index (χ3n) is 10.5. The number of imidazole rings is 1. The van der Waals surface area contributed by atoms with Gasteiger partial charge in [0.15, 0.2) is 23.1 Å². The van der Waals surface area contributed by atoms with Crippen LogP contribution in [0, 0.1) is 0 Å². The quantitative estimate of drug-likeness (QED) is 0.179. The van der Waals surface area contributed by atoms with E-state index in [2.05, 4.69) is 162 Å². The van der Waals surface area contributed by atoms with Crippen LogP contribution in [0.15, 0.2) is 182 Å². The van der Waals surface area contributed by atoms with Crippen LogP contribution >= 0.6 is 0 Å². The Kier molecular flexibility index (Phi) is 7.07. The standard InChI is InChI=1S/C49H30N6/c1-3-18-37-32(12-1)14-10-22-41(37)47-52-46(53-48(54-47)42-23-11-15-33-13-2-4-19-38(33)42)34-27-25-31(26-28-34)35-16-9-17-36(30-35)44-39-20-5-6-21-40(39)45-49(51-44)55-29-8-7-24-43(55)50-45/h1-30H. The highest BCUT2D eigenvalue weighted by Gasteiger charge is 2.18. The van der Waals surface area contributed by atoms with Gasteiger partial charge < -0.3 is 0 Å². The fraction of sp³-hybridized carbons (Fsp3) is 0. The van der Waals surface area contributed by atoms with E-state index < -0.39 is 0 Å². The van der Waals surface area contributed by atoms with Gasteiger partial charge in [-0.3, -0.25) is 4.40 Å². The van der Waals surface area contributed by atoms with Gasteiger partial charge in [0.1, 0.15) is 11.2 Å². The number of hydrogen-bond acceptors (Lipinski definition) is 5. The molecule has 0 aliphatic carbocycles. The molecule has 4 heterocycles. The Morgan fingerprint density at radius 2 is 0.891 bits per heavy atom. The molecular weight excluding hydrogens is 673 g/mol. The first-order chi connectivity index (χ1) is 27.2. The summed E-state index contributed by atoms with van der Waals surface area (Å²) >= 11 is 0. The molecule has 0 atom stereocenters. The summed E-state index contributed by atoms with van der Waals surface area (Å²) in [4.78, 5) is 25.5. The number of hydrogen-bond donors (Lipinski definition) is 0. The summed E-state index contributed by atoms with van der Waals surface area (Å²) in [7, 11) is 0. The second-order valence-corrected chi connectivity index (χ2v) is 13.7. The van der Waals surface area contributed by atoms with Gasteiger partial charge >= 0.3 is 0 Å². The third-order valence-corrected chi connectivity index (χ3v) is 10.5. The minimum Gasteiger partial charge on any atom is -0.284 e. The van der Waals surface area contributed by atoms with Crippen LogP contribution in [0.1, 0.15) is 0 Å². The van der Waals surface area contributed by atoms with Crippen molar-refractivity contribution in [1.29, 1.82) is 0 Å².